The molecule has 1 aliphatic rings. The van der Waals surface area contributed by atoms with Gasteiger partial charge in [0.15, 0.2) is 0 Å². The molecule has 0 saturated heterocycles. The van der Waals surface area contributed by atoms with Crippen LogP contribution in [0.3, 0.4) is 0 Å². The molecule has 96 valence electrons. The van der Waals surface area contributed by atoms with Crippen LogP contribution in [0.1, 0.15) is 38.2 Å². The first-order valence-electron chi connectivity index (χ1n) is 6.78. The number of benzene rings is 1. The van der Waals surface area contributed by atoms with Crippen LogP contribution >= 0.6 is 0 Å². The molecular weight excluding hydrogens is 222 g/mol. The van der Waals surface area contributed by atoms with E-state index >= 15 is 0 Å². The molecule has 1 fully saturated rings. The van der Waals surface area contributed by atoms with Crippen LogP contribution in [-0.2, 0) is 6.42 Å². The number of rotatable bonds is 6. The number of nitrogens with zero attached hydrogens (tertiary/aromatic N) is 2. The monoisotopic (exact) mass is 243 g/mol. The van der Waals surface area contributed by atoms with Crippen LogP contribution in [0.25, 0.3) is 0 Å². The van der Waals surface area contributed by atoms with Crippen molar-refractivity contribution in [1.29, 1.82) is 5.26 Å². The number of unbranched alkanes of at least 4 members (excludes halogenated alkanes) is 1. The Balaban J connectivity index is 2.19. The van der Waals surface area contributed by atoms with Crippen LogP contribution in [0, 0.1) is 11.3 Å². The van der Waals surface area contributed by atoms with Crippen molar-refractivity contribution in [3.05, 3.63) is 23.8 Å². The molecule has 3 heteroatoms. The van der Waals surface area contributed by atoms with E-state index in [-0.39, 0.29) is 0 Å². The Bertz CT molecular complexity index is 444. The fraction of sp³-hybridized carbons (Fsp3) is 0.533. The van der Waals surface area contributed by atoms with Crippen molar-refractivity contribution in [2.24, 2.45) is 0 Å². The zero-order valence-corrected chi connectivity index (χ0v) is 11.0. The Kier molecular flexibility index (Phi) is 4.09. The van der Waals surface area contributed by atoms with Gasteiger partial charge in [-0.15, -0.1) is 0 Å². The molecule has 2 rings (SSSR count). The van der Waals surface area contributed by atoms with Crippen molar-refractivity contribution in [2.75, 3.05) is 17.2 Å². The maximum absolute atomic E-state index is 8.82. The summed E-state index contributed by atoms with van der Waals surface area (Å²) in [6, 6.07) is 9.00. The van der Waals surface area contributed by atoms with Crippen LogP contribution in [0.2, 0.25) is 0 Å². The molecule has 0 spiro atoms. The van der Waals surface area contributed by atoms with E-state index in [2.05, 4.69) is 30.0 Å². The van der Waals surface area contributed by atoms with Crippen molar-refractivity contribution in [2.45, 2.75) is 45.1 Å². The van der Waals surface area contributed by atoms with Crippen LogP contribution < -0.4 is 10.6 Å². The van der Waals surface area contributed by atoms with Gasteiger partial charge in [-0.3, -0.25) is 0 Å². The van der Waals surface area contributed by atoms with Crippen LogP contribution in [-0.4, -0.2) is 12.6 Å². The number of nitrogen functional groups attached to an aromatic ring is 1. The van der Waals surface area contributed by atoms with Crippen molar-refractivity contribution in [1.82, 2.24) is 0 Å². The molecule has 0 heterocycles. The summed E-state index contributed by atoms with van der Waals surface area (Å²) in [5, 5.41) is 8.82. The lowest BCUT2D eigenvalue weighted by Gasteiger charge is -2.25. The van der Waals surface area contributed by atoms with Crippen molar-refractivity contribution < 1.29 is 0 Å². The summed E-state index contributed by atoms with van der Waals surface area (Å²) >= 11 is 0. The second-order valence-electron chi connectivity index (χ2n) is 5.00. The quantitative estimate of drug-likeness (QED) is 0.781. The van der Waals surface area contributed by atoms with E-state index in [1.807, 2.05) is 6.07 Å². The third-order valence-electron chi connectivity index (χ3n) is 3.47. The summed E-state index contributed by atoms with van der Waals surface area (Å²) in [6.45, 7) is 3.33. The molecule has 18 heavy (non-hydrogen) atoms. The number of nitriles is 1. The first-order valence-corrected chi connectivity index (χ1v) is 6.78. The maximum atomic E-state index is 8.82. The first kappa shape index (κ1) is 12.8. The molecule has 0 aromatic heterocycles. The molecule has 0 amide bonds. The third-order valence-corrected chi connectivity index (χ3v) is 3.47. The van der Waals surface area contributed by atoms with E-state index in [1.165, 1.54) is 31.4 Å². The average Bonchev–Trinajstić information content (AvgIpc) is 3.18. The third kappa shape index (κ3) is 2.95. The van der Waals surface area contributed by atoms with Gasteiger partial charge < -0.3 is 10.6 Å². The summed E-state index contributed by atoms with van der Waals surface area (Å²) in [6.07, 6.45) is 5.41. The van der Waals surface area contributed by atoms with Gasteiger partial charge in [0.2, 0.25) is 0 Å². The molecular formula is C15H21N3. The second-order valence-corrected chi connectivity index (χ2v) is 5.00. The topological polar surface area (TPSA) is 53.0 Å². The zero-order valence-electron chi connectivity index (χ0n) is 11.0. The minimum absolute atomic E-state index is 0.395. The summed E-state index contributed by atoms with van der Waals surface area (Å²) in [5.74, 6) is 0. The molecule has 1 aliphatic carbocycles. The summed E-state index contributed by atoms with van der Waals surface area (Å²) in [4.78, 5) is 2.48. The highest BCUT2D eigenvalue weighted by Gasteiger charge is 2.28. The SMILES string of the molecule is CCCCN(c1ccc(N)c(CC#N)c1)C1CC1. The molecule has 1 aromatic rings. The lowest BCUT2D eigenvalue weighted by Crippen LogP contribution is -2.26. The van der Waals surface area contributed by atoms with Gasteiger partial charge in [-0.1, -0.05) is 13.3 Å². The lowest BCUT2D eigenvalue weighted by molar-refractivity contribution is 0.713. The van der Waals surface area contributed by atoms with E-state index in [4.69, 9.17) is 11.0 Å². The van der Waals surface area contributed by atoms with E-state index in [9.17, 15) is 0 Å². The highest BCUT2D eigenvalue weighted by molar-refractivity contribution is 5.60. The Labute approximate surface area is 109 Å². The van der Waals surface area contributed by atoms with Gasteiger partial charge in [0.05, 0.1) is 12.5 Å². The van der Waals surface area contributed by atoms with Crippen LogP contribution in [0.5, 0.6) is 0 Å². The van der Waals surface area contributed by atoms with Crippen molar-refractivity contribution in [3.8, 4) is 6.07 Å². The highest BCUT2D eigenvalue weighted by atomic mass is 15.2. The predicted molar refractivity (Wildman–Crippen MR) is 75.4 cm³/mol. The van der Waals surface area contributed by atoms with Gasteiger partial charge in [-0.05, 0) is 43.0 Å². The minimum atomic E-state index is 0.395. The molecule has 0 radical (unpaired) electrons. The standard InChI is InChI=1S/C15H21N3/c1-2-3-10-18(13-4-5-13)14-6-7-15(17)12(11-14)8-9-16/h6-7,11,13H,2-5,8,10,17H2,1H3. The van der Waals surface area contributed by atoms with Gasteiger partial charge in [-0.25, -0.2) is 0 Å². The summed E-state index contributed by atoms with van der Waals surface area (Å²) in [5.41, 5.74) is 8.81. The number of hydrogen-bond donors (Lipinski definition) is 1. The molecule has 0 bridgehead atoms. The number of nitrogens with two attached hydrogens (primary N) is 1. The summed E-state index contributed by atoms with van der Waals surface area (Å²) < 4.78 is 0. The Morgan fingerprint density at radius 1 is 1.44 bits per heavy atom. The first-order chi connectivity index (χ1) is 8.76. The molecule has 0 unspecified atom stereocenters. The van der Waals surface area contributed by atoms with E-state index < -0.39 is 0 Å². The highest BCUT2D eigenvalue weighted by Crippen LogP contribution is 2.33. The molecule has 0 aliphatic heterocycles. The Hall–Kier alpha value is -1.69. The molecule has 3 nitrogen and oxygen atoms in total. The van der Waals surface area contributed by atoms with Crippen molar-refractivity contribution >= 4 is 11.4 Å². The average molecular weight is 243 g/mol. The van der Waals surface area contributed by atoms with Gasteiger partial charge in [0.1, 0.15) is 0 Å². The van der Waals surface area contributed by atoms with Gasteiger partial charge in [0.25, 0.3) is 0 Å². The van der Waals surface area contributed by atoms with E-state index in [0.29, 0.717) is 12.5 Å². The number of hydrogen-bond acceptors (Lipinski definition) is 3. The van der Waals surface area contributed by atoms with Gasteiger partial charge >= 0.3 is 0 Å². The zero-order chi connectivity index (χ0) is 13.0. The lowest BCUT2D eigenvalue weighted by atomic mass is 10.1. The van der Waals surface area contributed by atoms with Gasteiger partial charge in [-0.2, -0.15) is 5.26 Å². The second kappa shape index (κ2) is 5.77. The smallest absolute Gasteiger partial charge is 0.0670 e. The maximum Gasteiger partial charge on any atom is 0.0670 e. The normalized spacial score (nSPS) is 14.2. The van der Waals surface area contributed by atoms with E-state index in [0.717, 1.165) is 17.8 Å². The molecule has 0 atom stereocenters. The van der Waals surface area contributed by atoms with Crippen LogP contribution in [0.4, 0.5) is 11.4 Å². The fourth-order valence-corrected chi connectivity index (χ4v) is 2.25. The largest absolute Gasteiger partial charge is 0.398 e. The minimum Gasteiger partial charge on any atom is -0.398 e. The fourth-order valence-electron chi connectivity index (χ4n) is 2.25. The Morgan fingerprint density at radius 3 is 2.83 bits per heavy atom. The molecule has 2 N–H and O–H groups in total. The van der Waals surface area contributed by atoms with Crippen molar-refractivity contribution in [3.63, 3.8) is 0 Å². The Morgan fingerprint density at radius 2 is 2.22 bits per heavy atom. The van der Waals surface area contributed by atoms with E-state index in [1.54, 1.807) is 0 Å². The number of anilines is 2. The van der Waals surface area contributed by atoms with Crippen LogP contribution in [0.15, 0.2) is 18.2 Å². The van der Waals surface area contributed by atoms with Gasteiger partial charge in [0, 0.05) is 24.0 Å². The molecule has 1 saturated carbocycles. The predicted octanol–water partition coefficient (Wildman–Crippen LogP) is 3.10. The molecule has 1 aromatic carbocycles. The summed E-state index contributed by atoms with van der Waals surface area (Å²) in [7, 11) is 0.